The number of rotatable bonds is 3. The number of nitrogens with two attached hydrogens (primary N) is 1. The van der Waals surface area contributed by atoms with Gasteiger partial charge in [0.05, 0.1) is 18.9 Å². The predicted octanol–water partition coefficient (Wildman–Crippen LogP) is 1.43. The van der Waals surface area contributed by atoms with Crippen molar-refractivity contribution in [1.82, 2.24) is 4.57 Å². The highest BCUT2D eigenvalue weighted by atomic mass is 16.5. The summed E-state index contributed by atoms with van der Waals surface area (Å²) in [6.45, 7) is 1.45. The standard InChI is InChI=1S/C12H18N2O3/c1-16-12(15)11-6-9(13)7-14(11)8-10-4-2-3-5-17-10/h6-7,10H,2-5,8,13H2,1H3. The van der Waals surface area contributed by atoms with Crippen molar-refractivity contribution < 1.29 is 14.3 Å². The molecule has 5 nitrogen and oxygen atoms in total. The molecule has 5 heteroatoms. The van der Waals surface area contributed by atoms with Crippen LogP contribution in [-0.2, 0) is 16.0 Å². The fourth-order valence-electron chi connectivity index (χ4n) is 2.13. The van der Waals surface area contributed by atoms with E-state index in [-0.39, 0.29) is 12.1 Å². The Morgan fingerprint density at radius 2 is 2.47 bits per heavy atom. The Bertz CT molecular complexity index is 394. The molecule has 1 atom stereocenters. The summed E-state index contributed by atoms with van der Waals surface area (Å²) in [6.07, 6.45) is 5.24. The number of nitrogen functional groups attached to an aromatic ring is 1. The Hall–Kier alpha value is -1.49. The third-order valence-corrected chi connectivity index (χ3v) is 2.99. The highest BCUT2D eigenvalue weighted by Crippen LogP contribution is 2.18. The van der Waals surface area contributed by atoms with E-state index >= 15 is 0 Å². The second-order valence-corrected chi connectivity index (χ2v) is 4.29. The third-order valence-electron chi connectivity index (χ3n) is 2.99. The molecular weight excluding hydrogens is 220 g/mol. The minimum atomic E-state index is -0.363. The molecule has 2 rings (SSSR count). The Balaban J connectivity index is 2.11. The van der Waals surface area contributed by atoms with Crippen LogP contribution in [0.5, 0.6) is 0 Å². The van der Waals surface area contributed by atoms with Gasteiger partial charge in [-0.25, -0.2) is 4.79 Å². The Morgan fingerprint density at radius 1 is 1.65 bits per heavy atom. The van der Waals surface area contributed by atoms with Gasteiger partial charge in [0, 0.05) is 19.3 Å². The lowest BCUT2D eigenvalue weighted by Gasteiger charge is -2.23. The zero-order valence-corrected chi connectivity index (χ0v) is 10.0. The third kappa shape index (κ3) is 2.79. The van der Waals surface area contributed by atoms with Crippen molar-refractivity contribution in [3.05, 3.63) is 18.0 Å². The van der Waals surface area contributed by atoms with Crippen molar-refractivity contribution in [2.24, 2.45) is 0 Å². The summed E-state index contributed by atoms with van der Waals surface area (Å²) in [5.41, 5.74) is 6.76. The molecule has 1 aromatic rings. The number of hydrogen-bond donors (Lipinski definition) is 1. The van der Waals surface area contributed by atoms with Gasteiger partial charge in [-0.15, -0.1) is 0 Å². The molecule has 1 fully saturated rings. The Labute approximate surface area is 100 Å². The lowest BCUT2D eigenvalue weighted by molar-refractivity contribution is 0.00532. The zero-order chi connectivity index (χ0) is 12.3. The second kappa shape index (κ2) is 5.23. The summed E-state index contributed by atoms with van der Waals surface area (Å²) < 4.78 is 12.2. The van der Waals surface area contributed by atoms with Crippen LogP contribution < -0.4 is 5.73 Å². The average Bonchev–Trinajstić information content (AvgIpc) is 2.70. The van der Waals surface area contributed by atoms with E-state index in [1.807, 2.05) is 4.57 Å². The predicted molar refractivity (Wildman–Crippen MR) is 63.8 cm³/mol. The van der Waals surface area contributed by atoms with Gasteiger partial charge >= 0.3 is 5.97 Å². The largest absolute Gasteiger partial charge is 0.464 e. The molecule has 0 spiro atoms. The number of methoxy groups -OCH3 is 1. The van der Waals surface area contributed by atoms with E-state index in [0.717, 1.165) is 19.4 Å². The molecule has 0 amide bonds. The van der Waals surface area contributed by atoms with E-state index in [0.29, 0.717) is 17.9 Å². The first-order chi connectivity index (χ1) is 8.20. The summed E-state index contributed by atoms with van der Waals surface area (Å²) in [4.78, 5) is 11.5. The fourth-order valence-corrected chi connectivity index (χ4v) is 2.13. The lowest BCUT2D eigenvalue weighted by Crippen LogP contribution is -2.25. The monoisotopic (exact) mass is 238 g/mol. The number of ether oxygens (including phenoxy) is 2. The van der Waals surface area contributed by atoms with Gasteiger partial charge in [-0.2, -0.15) is 0 Å². The lowest BCUT2D eigenvalue weighted by atomic mass is 10.1. The molecule has 0 aliphatic carbocycles. The van der Waals surface area contributed by atoms with Crippen molar-refractivity contribution in [3.8, 4) is 0 Å². The molecule has 0 radical (unpaired) electrons. The van der Waals surface area contributed by atoms with Crippen LogP contribution in [0.2, 0.25) is 0 Å². The van der Waals surface area contributed by atoms with E-state index in [2.05, 4.69) is 0 Å². The number of aromatic nitrogens is 1. The van der Waals surface area contributed by atoms with Crippen LogP contribution in [-0.4, -0.2) is 30.4 Å². The van der Waals surface area contributed by atoms with E-state index in [1.54, 1.807) is 12.3 Å². The van der Waals surface area contributed by atoms with Gasteiger partial charge in [-0.1, -0.05) is 0 Å². The van der Waals surface area contributed by atoms with Crippen molar-refractivity contribution in [3.63, 3.8) is 0 Å². The van der Waals surface area contributed by atoms with Crippen molar-refractivity contribution >= 4 is 11.7 Å². The van der Waals surface area contributed by atoms with E-state index in [4.69, 9.17) is 15.2 Å². The number of anilines is 1. The van der Waals surface area contributed by atoms with Crippen LogP contribution in [0.1, 0.15) is 29.8 Å². The smallest absolute Gasteiger partial charge is 0.354 e. The number of carbonyl (C=O) groups excluding carboxylic acids is 1. The van der Waals surface area contributed by atoms with E-state index in [1.165, 1.54) is 13.5 Å². The molecule has 0 bridgehead atoms. The molecule has 1 aliphatic heterocycles. The maximum Gasteiger partial charge on any atom is 0.354 e. The number of carbonyl (C=O) groups is 1. The molecule has 1 aromatic heterocycles. The minimum absolute atomic E-state index is 0.166. The Kier molecular flexibility index (Phi) is 3.68. The first-order valence-corrected chi connectivity index (χ1v) is 5.86. The van der Waals surface area contributed by atoms with Crippen LogP contribution in [0.4, 0.5) is 5.69 Å². The van der Waals surface area contributed by atoms with Gasteiger partial charge in [0.25, 0.3) is 0 Å². The van der Waals surface area contributed by atoms with Crippen molar-refractivity contribution in [1.29, 1.82) is 0 Å². The highest BCUT2D eigenvalue weighted by Gasteiger charge is 2.19. The molecule has 0 saturated carbocycles. The van der Waals surface area contributed by atoms with E-state index < -0.39 is 0 Å². The van der Waals surface area contributed by atoms with Gasteiger partial charge in [-0.05, 0) is 25.3 Å². The minimum Gasteiger partial charge on any atom is -0.464 e. The molecule has 1 unspecified atom stereocenters. The summed E-state index contributed by atoms with van der Waals surface area (Å²) in [6, 6.07) is 1.63. The van der Waals surface area contributed by atoms with Crippen LogP contribution in [0.15, 0.2) is 12.3 Å². The molecule has 17 heavy (non-hydrogen) atoms. The highest BCUT2D eigenvalue weighted by molar-refractivity contribution is 5.88. The van der Waals surface area contributed by atoms with Crippen LogP contribution in [0, 0.1) is 0 Å². The topological polar surface area (TPSA) is 66.5 Å². The van der Waals surface area contributed by atoms with Gasteiger partial charge in [-0.3, -0.25) is 0 Å². The molecule has 2 heterocycles. The first-order valence-electron chi connectivity index (χ1n) is 5.86. The quantitative estimate of drug-likeness (QED) is 0.809. The number of esters is 1. The van der Waals surface area contributed by atoms with E-state index in [9.17, 15) is 4.79 Å². The number of nitrogens with zero attached hydrogens (tertiary/aromatic N) is 1. The molecule has 94 valence electrons. The summed E-state index contributed by atoms with van der Waals surface area (Å²) in [7, 11) is 1.37. The summed E-state index contributed by atoms with van der Waals surface area (Å²) in [5, 5.41) is 0. The zero-order valence-electron chi connectivity index (χ0n) is 10.0. The summed E-state index contributed by atoms with van der Waals surface area (Å²) in [5.74, 6) is -0.363. The maximum atomic E-state index is 11.5. The fraction of sp³-hybridized carbons (Fsp3) is 0.583. The normalized spacial score (nSPS) is 20.2. The second-order valence-electron chi connectivity index (χ2n) is 4.29. The van der Waals surface area contributed by atoms with Crippen molar-refractivity contribution in [2.75, 3.05) is 19.5 Å². The molecule has 1 aliphatic rings. The molecule has 0 aromatic carbocycles. The molecule has 1 saturated heterocycles. The van der Waals surface area contributed by atoms with Crippen LogP contribution >= 0.6 is 0 Å². The summed E-state index contributed by atoms with van der Waals surface area (Å²) >= 11 is 0. The average molecular weight is 238 g/mol. The Morgan fingerprint density at radius 3 is 3.12 bits per heavy atom. The molecular formula is C12H18N2O3. The maximum absolute atomic E-state index is 11.5. The first kappa shape index (κ1) is 12.0. The molecule has 2 N–H and O–H groups in total. The van der Waals surface area contributed by atoms with Crippen LogP contribution in [0.25, 0.3) is 0 Å². The number of hydrogen-bond acceptors (Lipinski definition) is 4. The van der Waals surface area contributed by atoms with Crippen molar-refractivity contribution in [2.45, 2.75) is 31.9 Å². The van der Waals surface area contributed by atoms with Crippen LogP contribution in [0.3, 0.4) is 0 Å². The van der Waals surface area contributed by atoms with Gasteiger partial charge in [0.2, 0.25) is 0 Å². The van der Waals surface area contributed by atoms with Gasteiger partial charge in [0.1, 0.15) is 5.69 Å². The SMILES string of the molecule is COC(=O)c1cc(N)cn1CC1CCCCO1. The van der Waals surface area contributed by atoms with Gasteiger partial charge < -0.3 is 19.8 Å². The van der Waals surface area contributed by atoms with Gasteiger partial charge in [0.15, 0.2) is 0 Å².